The number of benzene rings is 1. The highest BCUT2D eigenvalue weighted by atomic mass is 16.1. The zero-order valence-corrected chi connectivity index (χ0v) is 7.08. The number of hydrogen-bond acceptors (Lipinski definition) is 1. The average Bonchev–Trinajstić information content (AvgIpc) is 2.12. The van der Waals surface area contributed by atoms with Crippen molar-refractivity contribution in [3.63, 3.8) is 0 Å². The topological polar surface area (TPSA) is 29.1 Å². The lowest BCUT2D eigenvalue weighted by Gasteiger charge is -2.14. The monoisotopic (exact) mass is 171 g/mol. The molecule has 0 aliphatic heterocycles. The molecule has 1 aromatic carbocycles. The van der Waals surface area contributed by atoms with Crippen LogP contribution in [0, 0.1) is 11.8 Å². The van der Waals surface area contributed by atoms with Crippen LogP contribution in [0.25, 0.3) is 0 Å². The van der Waals surface area contributed by atoms with E-state index in [0.717, 1.165) is 6.42 Å². The van der Waals surface area contributed by atoms with Gasteiger partial charge in [-0.05, 0) is 12.1 Å². The van der Waals surface area contributed by atoms with Crippen molar-refractivity contribution in [1.82, 2.24) is 5.32 Å². The van der Waals surface area contributed by atoms with Crippen molar-refractivity contribution in [2.24, 2.45) is 0 Å². The van der Waals surface area contributed by atoms with Crippen molar-refractivity contribution >= 4 is 5.91 Å². The van der Waals surface area contributed by atoms with Gasteiger partial charge in [-0.15, -0.1) is 0 Å². The zero-order valence-electron chi connectivity index (χ0n) is 7.08. The minimum absolute atomic E-state index is 0.0420. The average molecular weight is 171 g/mol. The summed E-state index contributed by atoms with van der Waals surface area (Å²) in [5.41, 5.74) is 0.691. The summed E-state index contributed by atoms with van der Waals surface area (Å²) in [5.74, 6) is 5.68. The predicted molar refractivity (Wildman–Crippen MR) is 50.1 cm³/mol. The number of amides is 1. The number of nitrogens with one attached hydrogen (secondary N) is 1. The maximum Gasteiger partial charge on any atom is 0.252 e. The molecule has 0 saturated heterocycles. The number of carbonyl (C=O) groups excluding carboxylic acids is 1. The van der Waals surface area contributed by atoms with Crippen molar-refractivity contribution < 1.29 is 4.79 Å². The molecule has 13 heavy (non-hydrogen) atoms. The van der Waals surface area contributed by atoms with Gasteiger partial charge in [0.05, 0.1) is 0 Å². The van der Waals surface area contributed by atoms with Gasteiger partial charge in [-0.2, -0.15) is 0 Å². The first-order valence-electron chi connectivity index (χ1n) is 4.20. The Morgan fingerprint density at radius 3 is 2.62 bits per heavy atom. The van der Waals surface area contributed by atoms with E-state index < -0.39 is 0 Å². The van der Waals surface area contributed by atoms with Gasteiger partial charge in [0, 0.05) is 12.0 Å². The van der Waals surface area contributed by atoms with Crippen molar-refractivity contribution in [3.8, 4) is 11.8 Å². The minimum Gasteiger partial charge on any atom is -0.337 e. The van der Waals surface area contributed by atoms with Gasteiger partial charge in [0.2, 0.25) is 0 Å². The second kappa shape index (κ2) is 3.32. The van der Waals surface area contributed by atoms with E-state index >= 15 is 0 Å². The normalized spacial score (nSPS) is 18.0. The Morgan fingerprint density at radius 1 is 1.38 bits per heavy atom. The molecule has 2 rings (SSSR count). The van der Waals surface area contributed by atoms with Crippen LogP contribution in [0.15, 0.2) is 30.3 Å². The van der Waals surface area contributed by atoms with Crippen molar-refractivity contribution in [2.75, 3.05) is 0 Å². The number of carbonyl (C=O) groups is 1. The predicted octanol–water partition coefficient (Wildman–Crippen LogP) is 1.19. The maximum atomic E-state index is 11.5. The van der Waals surface area contributed by atoms with Gasteiger partial charge in [-0.1, -0.05) is 30.0 Å². The SMILES string of the molecule is O=C(NC1C#CC1)c1ccccc1. The van der Waals surface area contributed by atoms with Gasteiger partial charge < -0.3 is 5.32 Å². The lowest BCUT2D eigenvalue weighted by molar-refractivity contribution is 0.0945. The van der Waals surface area contributed by atoms with Gasteiger partial charge in [0.25, 0.3) is 5.91 Å². The molecule has 1 N–H and O–H groups in total. The van der Waals surface area contributed by atoms with Crippen molar-refractivity contribution in [1.29, 1.82) is 0 Å². The lowest BCUT2D eigenvalue weighted by atomic mass is 10.1. The van der Waals surface area contributed by atoms with Gasteiger partial charge >= 0.3 is 0 Å². The van der Waals surface area contributed by atoms with E-state index in [4.69, 9.17) is 0 Å². The molecule has 2 nitrogen and oxygen atoms in total. The summed E-state index contributed by atoms with van der Waals surface area (Å²) in [5, 5.41) is 2.82. The second-order valence-corrected chi connectivity index (χ2v) is 2.92. The quantitative estimate of drug-likeness (QED) is 0.665. The van der Waals surface area contributed by atoms with Crippen LogP contribution in [0.1, 0.15) is 16.8 Å². The molecule has 2 heteroatoms. The molecular weight excluding hydrogens is 162 g/mol. The third-order valence-electron chi connectivity index (χ3n) is 1.92. The van der Waals surface area contributed by atoms with Gasteiger partial charge in [0.1, 0.15) is 6.04 Å². The number of hydrogen-bond donors (Lipinski definition) is 1. The lowest BCUT2D eigenvalue weighted by Crippen LogP contribution is -2.36. The van der Waals surface area contributed by atoms with E-state index in [9.17, 15) is 4.79 Å². The summed E-state index contributed by atoms with van der Waals surface area (Å²) in [6, 6.07) is 9.23. The third-order valence-corrected chi connectivity index (χ3v) is 1.92. The molecule has 1 atom stereocenters. The largest absolute Gasteiger partial charge is 0.337 e. The molecule has 0 spiro atoms. The third kappa shape index (κ3) is 1.70. The van der Waals surface area contributed by atoms with E-state index in [-0.39, 0.29) is 11.9 Å². The molecule has 0 heterocycles. The smallest absolute Gasteiger partial charge is 0.252 e. The second-order valence-electron chi connectivity index (χ2n) is 2.92. The van der Waals surface area contributed by atoms with Crippen LogP contribution in [0.2, 0.25) is 0 Å². The first-order valence-corrected chi connectivity index (χ1v) is 4.20. The van der Waals surface area contributed by atoms with E-state index in [1.165, 1.54) is 0 Å². The highest BCUT2D eigenvalue weighted by molar-refractivity contribution is 5.94. The van der Waals surface area contributed by atoms with Crippen LogP contribution in [0.3, 0.4) is 0 Å². The van der Waals surface area contributed by atoms with E-state index in [1.54, 1.807) is 12.1 Å². The fraction of sp³-hybridized carbons (Fsp3) is 0.182. The summed E-state index contributed by atoms with van der Waals surface area (Å²) >= 11 is 0. The molecule has 0 aromatic heterocycles. The van der Waals surface area contributed by atoms with E-state index in [0.29, 0.717) is 5.56 Å². The summed E-state index contributed by atoms with van der Waals surface area (Å²) in [7, 11) is 0. The van der Waals surface area contributed by atoms with Gasteiger partial charge in [-0.3, -0.25) is 4.79 Å². The minimum atomic E-state index is -0.0420. The fourth-order valence-electron chi connectivity index (χ4n) is 1.12. The Hall–Kier alpha value is -1.75. The molecular formula is C11H9NO. The Kier molecular flexibility index (Phi) is 2.01. The highest BCUT2D eigenvalue weighted by Crippen LogP contribution is 2.02. The summed E-state index contributed by atoms with van der Waals surface area (Å²) in [6.45, 7) is 0. The Balaban J connectivity index is 2.02. The molecule has 0 bridgehead atoms. The van der Waals surface area contributed by atoms with Crippen molar-refractivity contribution in [2.45, 2.75) is 12.5 Å². The fourth-order valence-corrected chi connectivity index (χ4v) is 1.12. The van der Waals surface area contributed by atoms with Crippen LogP contribution < -0.4 is 5.32 Å². The summed E-state index contributed by atoms with van der Waals surface area (Å²) < 4.78 is 0. The molecule has 0 saturated carbocycles. The van der Waals surface area contributed by atoms with Gasteiger partial charge in [0.15, 0.2) is 0 Å². The summed E-state index contributed by atoms with van der Waals surface area (Å²) in [6.07, 6.45) is 0.776. The Bertz CT molecular complexity index is 372. The molecule has 1 aliphatic carbocycles. The van der Waals surface area contributed by atoms with Crippen LogP contribution >= 0.6 is 0 Å². The first-order chi connectivity index (χ1) is 6.36. The molecule has 1 unspecified atom stereocenters. The first kappa shape index (κ1) is 7.88. The number of rotatable bonds is 2. The Morgan fingerprint density at radius 2 is 2.08 bits per heavy atom. The maximum absolute atomic E-state index is 11.5. The van der Waals surface area contributed by atoms with Gasteiger partial charge in [-0.25, -0.2) is 0 Å². The Labute approximate surface area is 77.0 Å². The van der Waals surface area contributed by atoms with Crippen LogP contribution in [-0.4, -0.2) is 11.9 Å². The van der Waals surface area contributed by atoms with E-state index in [1.807, 2.05) is 18.2 Å². The molecule has 0 fully saturated rings. The molecule has 64 valence electrons. The molecule has 1 aromatic rings. The van der Waals surface area contributed by atoms with Crippen LogP contribution in [-0.2, 0) is 0 Å². The standard InChI is InChI=1S/C11H9NO/c13-11(12-10-7-4-8-10)9-5-2-1-3-6-9/h1-3,5-6,10H,7H2,(H,12,13). The molecule has 1 aliphatic rings. The van der Waals surface area contributed by atoms with Crippen LogP contribution in [0.5, 0.6) is 0 Å². The van der Waals surface area contributed by atoms with Crippen molar-refractivity contribution in [3.05, 3.63) is 35.9 Å². The molecule has 1 amide bonds. The van der Waals surface area contributed by atoms with Crippen LogP contribution in [0.4, 0.5) is 0 Å². The zero-order chi connectivity index (χ0) is 9.10. The molecule has 0 radical (unpaired) electrons. The highest BCUT2D eigenvalue weighted by Gasteiger charge is 2.13. The van der Waals surface area contributed by atoms with E-state index in [2.05, 4.69) is 17.2 Å². The summed E-state index contributed by atoms with van der Waals surface area (Å²) in [4.78, 5) is 11.5.